The summed E-state index contributed by atoms with van der Waals surface area (Å²) in [5, 5.41) is 0. The summed E-state index contributed by atoms with van der Waals surface area (Å²) in [4.78, 5) is 16.6. The van der Waals surface area contributed by atoms with Crippen LogP contribution in [0.1, 0.15) is 54.4 Å². The van der Waals surface area contributed by atoms with E-state index in [2.05, 4.69) is 46.4 Å². The number of carbonyl (C=O) groups excluding carboxylic acids is 1. The Hall–Kier alpha value is -0.610. The van der Waals surface area contributed by atoms with Crippen LogP contribution < -0.4 is 0 Å². The zero-order chi connectivity index (χ0) is 14.5. The van der Waals surface area contributed by atoms with E-state index >= 15 is 0 Å². The lowest BCUT2D eigenvalue weighted by Crippen LogP contribution is -2.61. The first-order valence-corrected chi connectivity index (χ1v) is 7.28. The number of amides is 1. The molecule has 0 aliphatic carbocycles. The molecule has 2 aliphatic heterocycles. The smallest absolute Gasteiger partial charge is 0.251 e. The Morgan fingerprint density at radius 3 is 1.95 bits per heavy atom. The minimum atomic E-state index is -0.364. The van der Waals surface area contributed by atoms with E-state index in [1.165, 1.54) is 0 Å². The molecule has 2 aliphatic rings. The maximum atomic E-state index is 12.2. The number of hydrogen-bond donors (Lipinski definition) is 0. The molecule has 2 rings (SSSR count). The van der Waals surface area contributed by atoms with Crippen molar-refractivity contribution >= 4 is 5.91 Å². The fourth-order valence-corrected chi connectivity index (χ4v) is 3.43. The van der Waals surface area contributed by atoms with E-state index in [1.807, 2.05) is 4.90 Å². The molecule has 19 heavy (non-hydrogen) atoms. The zero-order valence-electron chi connectivity index (χ0n) is 13.2. The number of rotatable bonds is 0. The van der Waals surface area contributed by atoms with Crippen molar-refractivity contribution in [2.75, 3.05) is 19.7 Å². The molecular formula is C15H28N2O2. The Balaban J connectivity index is 2.16. The summed E-state index contributed by atoms with van der Waals surface area (Å²) in [6.45, 7) is 15.2. The number of hydrogen-bond acceptors (Lipinski definition) is 3. The van der Waals surface area contributed by atoms with Gasteiger partial charge in [-0.2, -0.15) is 0 Å². The average molecular weight is 268 g/mol. The molecule has 4 nitrogen and oxygen atoms in total. The van der Waals surface area contributed by atoms with Crippen LogP contribution in [0.2, 0.25) is 0 Å². The molecule has 4 heteroatoms. The fourth-order valence-electron chi connectivity index (χ4n) is 3.43. The molecule has 1 amide bonds. The average Bonchev–Trinajstić information content (AvgIpc) is 2.54. The molecule has 110 valence electrons. The third-order valence-corrected chi connectivity index (χ3v) is 4.29. The van der Waals surface area contributed by atoms with Crippen LogP contribution >= 0.6 is 0 Å². The molecule has 0 aromatic rings. The van der Waals surface area contributed by atoms with Crippen LogP contribution in [0, 0.1) is 0 Å². The van der Waals surface area contributed by atoms with Gasteiger partial charge in [-0.1, -0.05) is 0 Å². The Labute approximate surface area is 117 Å². The predicted octanol–water partition coefficient (Wildman–Crippen LogP) is 2.23. The van der Waals surface area contributed by atoms with E-state index in [0.29, 0.717) is 0 Å². The lowest BCUT2D eigenvalue weighted by Gasteiger charge is -2.50. The number of ether oxygens (including phenoxy) is 1. The van der Waals surface area contributed by atoms with Crippen LogP contribution in [-0.4, -0.2) is 52.2 Å². The quantitative estimate of drug-likeness (QED) is 0.675. The molecule has 1 spiro atoms. The molecule has 2 heterocycles. The van der Waals surface area contributed by atoms with Crippen LogP contribution in [0.3, 0.4) is 0 Å². The van der Waals surface area contributed by atoms with Crippen LogP contribution in [0.25, 0.3) is 0 Å². The van der Waals surface area contributed by atoms with Crippen molar-refractivity contribution in [1.29, 1.82) is 0 Å². The topological polar surface area (TPSA) is 32.8 Å². The van der Waals surface area contributed by atoms with Gasteiger partial charge in [-0.3, -0.25) is 9.69 Å². The van der Waals surface area contributed by atoms with Crippen molar-refractivity contribution in [2.45, 2.75) is 71.2 Å². The third kappa shape index (κ3) is 2.65. The van der Waals surface area contributed by atoms with Gasteiger partial charge in [0.05, 0.1) is 0 Å². The van der Waals surface area contributed by atoms with Crippen LogP contribution in [0.4, 0.5) is 0 Å². The minimum absolute atomic E-state index is 0.136. The van der Waals surface area contributed by atoms with Crippen LogP contribution in [0.5, 0.6) is 0 Å². The lowest BCUT2D eigenvalue weighted by atomic mass is 9.91. The number of likely N-dealkylation sites (tertiary alicyclic amines) is 1. The van der Waals surface area contributed by atoms with Crippen molar-refractivity contribution in [3.63, 3.8) is 0 Å². The summed E-state index contributed by atoms with van der Waals surface area (Å²) in [5.74, 6) is 0.136. The van der Waals surface area contributed by atoms with Gasteiger partial charge in [0.2, 0.25) is 0 Å². The van der Waals surface area contributed by atoms with E-state index < -0.39 is 0 Å². The summed E-state index contributed by atoms with van der Waals surface area (Å²) >= 11 is 0. The van der Waals surface area contributed by atoms with E-state index in [0.717, 1.165) is 25.9 Å². The van der Waals surface area contributed by atoms with Gasteiger partial charge in [-0.25, -0.2) is 0 Å². The van der Waals surface area contributed by atoms with Gasteiger partial charge in [0.1, 0.15) is 12.3 Å². The highest BCUT2D eigenvalue weighted by Crippen LogP contribution is 2.40. The molecule has 0 atom stereocenters. The second-order valence-electron chi connectivity index (χ2n) is 7.79. The Morgan fingerprint density at radius 1 is 1.00 bits per heavy atom. The third-order valence-electron chi connectivity index (χ3n) is 4.29. The van der Waals surface area contributed by atoms with Gasteiger partial charge >= 0.3 is 0 Å². The molecule has 2 fully saturated rings. The normalized spacial score (nSPS) is 25.4. The van der Waals surface area contributed by atoms with Gasteiger partial charge in [-0.05, 0) is 41.5 Å². The zero-order valence-corrected chi connectivity index (χ0v) is 13.2. The van der Waals surface area contributed by atoms with Gasteiger partial charge in [0.25, 0.3) is 5.91 Å². The van der Waals surface area contributed by atoms with Crippen molar-refractivity contribution in [3.8, 4) is 0 Å². The van der Waals surface area contributed by atoms with Crippen LogP contribution in [-0.2, 0) is 9.53 Å². The Kier molecular flexibility index (Phi) is 3.47. The molecule has 0 unspecified atom stereocenters. The van der Waals surface area contributed by atoms with Crippen molar-refractivity contribution < 1.29 is 9.53 Å². The summed E-state index contributed by atoms with van der Waals surface area (Å²) < 4.78 is 5.94. The van der Waals surface area contributed by atoms with E-state index in [9.17, 15) is 4.79 Å². The van der Waals surface area contributed by atoms with Crippen molar-refractivity contribution in [2.24, 2.45) is 0 Å². The summed E-state index contributed by atoms with van der Waals surface area (Å²) in [6.07, 6.45) is 1.82. The fraction of sp³-hybridized carbons (Fsp3) is 0.933. The standard InChI is InChI=1S/C15H28N2O2/c1-13(2,3)16-9-7-15(8-10-16)17(14(4,5)6)12(18)11-19-15/h7-11H2,1-6H3. The van der Waals surface area contributed by atoms with Crippen molar-refractivity contribution in [1.82, 2.24) is 9.80 Å². The first-order valence-electron chi connectivity index (χ1n) is 7.28. The van der Waals surface area contributed by atoms with E-state index in [4.69, 9.17) is 4.74 Å². The molecule has 0 aromatic heterocycles. The first kappa shape index (κ1) is 14.8. The Morgan fingerprint density at radius 2 is 1.53 bits per heavy atom. The highest BCUT2D eigenvalue weighted by molar-refractivity contribution is 5.80. The summed E-state index contributed by atoms with van der Waals surface area (Å²) in [7, 11) is 0. The van der Waals surface area contributed by atoms with Gasteiger partial charge in [0, 0.05) is 37.0 Å². The highest BCUT2D eigenvalue weighted by atomic mass is 16.5. The Bertz CT molecular complexity index is 357. The minimum Gasteiger partial charge on any atom is -0.346 e. The van der Waals surface area contributed by atoms with E-state index in [-0.39, 0.29) is 29.3 Å². The summed E-state index contributed by atoms with van der Waals surface area (Å²) in [6, 6.07) is 0. The number of piperidine rings is 1. The van der Waals surface area contributed by atoms with Gasteiger partial charge in [-0.15, -0.1) is 0 Å². The van der Waals surface area contributed by atoms with Gasteiger partial charge < -0.3 is 9.64 Å². The monoisotopic (exact) mass is 268 g/mol. The summed E-state index contributed by atoms with van der Waals surface area (Å²) in [5.41, 5.74) is -0.342. The SMILES string of the molecule is CC(C)(C)N1CCC2(CC1)OCC(=O)N2C(C)(C)C. The maximum Gasteiger partial charge on any atom is 0.251 e. The number of carbonyl (C=O) groups is 1. The molecule has 0 bridgehead atoms. The second kappa shape index (κ2) is 4.45. The molecule has 0 aromatic carbocycles. The molecule has 0 N–H and O–H groups in total. The van der Waals surface area contributed by atoms with E-state index in [1.54, 1.807) is 0 Å². The molecule has 0 saturated carbocycles. The highest BCUT2D eigenvalue weighted by Gasteiger charge is 2.52. The van der Waals surface area contributed by atoms with Gasteiger partial charge in [0.15, 0.2) is 0 Å². The second-order valence-corrected chi connectivity index (χ2v) is 7.79. The lowest BCUT2D eigenvalue weighted by molar-refractivity contribution is -0.163. The molecule has 2 saturated heterocycles. The number of nitrogens with zero attached hydrogens (tertiary/aromatic N) is 2. The maximum absolute atomic E-state index is 12.2. The van der Waals surface area contributed by atoms with Crippen molar-refractivity contribution in [3.05, 3.63) is 0 Å². The molecule has 0 radical (unpaired) electrons. The van der Waals surface area contributed by atoms with Crippen LogP contribution in [0.15, 0.2) is 0 Å². The largest absolute Gasteiger partial charge is 0.346 e. The predicted molar refractivity (Wildman–Crippen MR) is 75.8 cm³/mol. The first-order chi connectivity index (χ1) is 8.56. The molecular weight excluding hydrogens is 240 g/mol.